The molecule has 0 spiro atoms. The molecule has 1 aromatic carbocycles. The van der Waals surface area contributed by atoms with Crippen LogP contribution in [-0.2, 0) is 17.8 Å². The van der Waals surface area contributed by atoms with Crippen molar-refractivity contribution in [2.75, 3.05) is 18.2 Å². The smallest absolute Gasteiger partial charge is 0.234 e. The molecule has 3 rings (SSSR count). The minimum absolute atomic E-state index is 0.0832. The maximum Gasteiger partial charge on any atom is 0.234 e. The van der Waals surface area contributed by atoms with Crippen LogP contribution in [-0.4, -0.2) is 33.5 Å². The molecule has 0 aliphatic heterocycles. The van der Waals surface area contributed by atoms with Crippen LogP contribution in [0.25, 0.3) is 0 Å². The molecule has 1 aliphatic carbocycles. The Bertz CT molecular complexity index is 815. The number of rotatable bonds is 10. The van der Waals surface area contributed by atoms with E-state index in [2.05, 4.69) is 26.7 Å². The second kappa shape index (κ2) is 11.0. The summed E-state index contributed by atoms with van der Waals surface area (Å²) in [4.78, 5) is 12.3. The number of carbonyl (C=O) groups is 1. The Kier molecular flexibility index (Phi) is 8.16. The molecule has 156 valence electrons. The molecular formula is C22H30N4O2S. The number of benzene rings is 1. The summed E-state index contributed by atoms with van der Waals surface area (Å²) in [5, 5.41) is 12.4. The Morgan fingerprint density at radius 3 is 2.93 bits per heavy atom. The first-order chi connectivity index (χ1) is 14.2. The maximum atomic E-state index is 12.3. The lowest BCUT2D eigenvalue weighted by atomic mass is 9.86. The van der Waals surface area contributed by atoms with E-state index in [1.54, 1.807) is 13.2 Å². The van der Waals surface area contributed by atoms with Crippen LogP contribution in [0.3, 0.4) is 0 Å². The molecule has 6 nitrogen and oxygen atoms in total. The average molecular weight is 415 g/mol. The van der Waals surface area contributed by atoms with Crippen molar-refractivity contribution in [3.63, 3.8) is 0 Å². The number of hydrogen-bond donors (Lipinski definition) is 1. The molecule has 1 N–H and O–H groups in total. The fraction of sp³-hybridized carbons (Fsp3) is 0.500. The molecule has 29 heavy (non-hydrogen) atoms. The molecule has 1 aliphatic rings. The first kappa shape index (κ1) is 21.4. The van der Waals surface area contributed by atoms with Crippen molar-refractivity contribution in [2.24, 2.45) is 5.92 Å². The van der Waals surface area contributed by atoms with Crippen molar-refractivity contribution < 1.29 is 9.53 Å². The fourth-order valence-corrected chi connectivity index (χ4v) is 4.53. The van der Waals surface area contributed by atoms with E-state index in [-0.39, 0.29) is 11.7 Å². The summed E-state index contributed by atoms with van der Waals surface area (Å²) in [6.07, 6.45) is 10.7. The molecule has 1 saturated carbocycles. The van der Waals surface area contributed by atoms with E-state index in [0.29, 0.717) is 12.3 Å². The summed E-state index contributed by atoms with van der Waals surface area (Å²) in [6.45, 7) is 4.52. The van der Waals surface area contributed by atoms with E-state index in [4.69, 9.17) is 4.74 Å². The van der Waals surface area contributed by atoms with E-state index < -0.39 is 0 Å². The Balaban J connectivity index is 1.55. The van der Waals surface area contributed by atoms with Crippen LogP contribution >= 0.6 is 11.8 Å². The molecule has 0 saturated heterocycles. The Labute approximate surface area is 177 Å². The third-order valence-corrected chi connectivity index (χ3v) is 6.26. The predicted molar refractivity (Wildman–Crippen MR) is 117 cm³/mol. The van der Waals surface area contributed by atoms with Crippen LogP contribution in [0.5, 0.6) is 5.75 Å². The molecule has 0 atom stereocenters. The van der Waals surface area contributed by atoms with Gasteiger partial charge in [-0.05, 0) is 24.5 Å². The number of carbonyl (C=O) groups excluding carboxylic acids is 1. The van der Waals surface area contributed by atoms with Gasteiger partial charge in [0, 0.05) is 24.7 Å². The highest BCUT2D eigenvalue weighted by Gasteiger charge is 2.17. The zero-order valence-electron chi connectivity index (χ0n) is 17.1. The van der Waals surface area contributed by atoms with Gasteiger partial charge >= 0.3 is 0 Å². The van der Waals surface area contributed by atoms with Crippen molar-refractivity contribution in [2.45, 2.75) is 56.6 Å². The number of amides is 1. The van der Waals surface area contributed by atoms with E-state index in [9.17, 15) is 4.79 Å². The highest BCUT2D eigenvalue weighted by Crippen LogP contribution is 2.28. The zero-order valence-corrected chi connectivity index (χ0v) is 17.9. The number of aromatic nitrogens is 3. The summed E-state index contributed by atoms with van der Waals surface area (Å²) >= 11 is 1.40. The fourth-order valence-electron chi connectivity index (χ4n) is 3.76. The summed E-state index contributed by atoms with van der Waals surface area (Å²) in [7, 11) is 1.61. The van der Waals surface area contributed by atoms with Crippen molar-refractivity contribution in [3.8, 4) is 5.75 Å². The van der Waals surface area contributed by atoms with Gasteiger partial charge in [0.1, 0.15) is 11.6 Å². The lowest BCUT2D eigenvalue weighted by Crippen LogP contribution is -2.15. The minimum atomic E-state index is -0.0832. The third kappa shape index (κ3) is 6.35. The monoisotopic (exact) mass is 414 g/mol. The predicted octanol–water partition coefficient (Wildman–Crippen LogP) is 4.72. The number of aryl methyl sites for hydroxylation is 1. The second-order valence-electron chi connectivity index (χ2n) is 7.41. The van der Waals surface area contributed by atoms with Crippen LogP contribution in [0.1, 0.15) is 44.3 Å². The van der Waals surface area contributed by atoms with Crippen LogP contribution in [0.15, 0.2) is 42.1 Å². The third-order valence-electron chi connectivity index (χ3n) is 5.29. The normalized spacial score (nSPS) is 14.5. The standard InChI is InChI=1S/C22H30N4O2S/c1-3-14-26-20(13-12-17-8-5-4-6-9-17)24-25-22(26)29-16-21(27)23-18-10-7-11-19(15-18)28-2/h3,7,10-11,15,17H,1,4-6,8-9,12-14,16H2,2H3,(H,23,27). The number of thioether (sulfide) groups is 1. The molecule has 1 fully saturated rings. The van der Waals surface area contributed by atoms with Crippen LogP contribution < -0.4 is 10.1 Å². The van der Waals surface area contributed by atoms with Gasteiger partial charge in [-0.2, -0.15) is 0 Å². The molecular weight excluding hydrogens is 384 g/mol. The van der Waals surface area contributed by atoms with Gasteiger partial charge in [-0.15, -0.1) is 16.8 Å². The molecule has 0 bridgehead atoms. The number of nitrogens with zero attached hydrogens (tertiary/aromatic N) is 3. The van der Waals surface area contributed by atoms with Gasteiger partial charge in [0.05, 0.1) is 12.9 Å². The summed E-state index contributed by atoms with van der Waals surface area (Å²) in [5.74, 6) is 2.70. The molecule has 2 aromatic rings. The number of ether oxygens (including phenoxy) is 1. The number of methoxy groups -OCH3 is 1. The average Bonchev–Trinajstić information content (AvgIpc) is 3.13. The van der Waals surface area contributed by atoms with E-state index in [1.807, 2.05) is 24.3 Å². The minimum Gasteiger partial charge on any atom is -0.497 e. The first-order valence-electron chi connectivity index (χ1n) is 10.3. The highest BCUT2D eigenvalue weighted by molar-refractivity contribution is 7.99. The highest BCUT2D eigenvalue weighted by atomic mass is 32.2. The zero-order chi connectivity index (χ0) is 20.5. The van der Waals surface area contributed by atoms with Crippen LogP contribution in [0.2, 0.25) is 0 Å². The summed E-state index contributed by atoms with van der Waals surface area (Å²) in [5.41, 5.74) is 0.718. The molecule has 0 unspecified atom stereocenters. The van der Waals surface area contributed by atoms with Gasteiger partial charge in [-0.1, -0.05) is 56.0 Å². The SMILES string of the molecule is C=CCn1c(CCC2CCCCC2)nnc1SCC(=O)Nc1cccc(OC)c1. The number of anilines is 1. The molecule has 1 aromatic heterocycles. The van der Waals surface area contributed by atoms with Gasteiger partial charge in [0.2, 0.25) is 5.91 Å². The van der Waals surface area contributed by atoms with Gasteiger partial charge < -0.3 is 14.6 Å². The van der Waals surface area contributed by atoms with Crippen molar-refractivity contribution in [1.82, 2.24) is 14.8 Å². The van der Waals surface area contributed by atoms with E-state index in [1.165, 1.54) is 43.9 Å². The van der Waals surface area contributed by atoms with Crippen molar-refractivity contribution in [1.29, 1.82) is 0 Å². The lowest BCUT2D eigenvalue weighted by molar-refractivity contribution is -0.113. The summed E-state index contributed by atoms with van der Waals surface area (Å²) in [6, 6.07) is 7.33. The maximum absolute atomic E-state index is 12.3. The van der Waals surface area contributed by atoms with E-state index >= 15 is 0 Å². The number of allylic oxidation sites excluding steroid dienone is 1. The van der Waals surface area contributed by atoms with Gasteiger partial charge in [0.15, 0.2) is 5.16 Å². The van der Waals surface area contributed by atoms with E-state index in [0.717, 1.165) is 35.4 Å². The lowest BCUT2D eigenvalue weighted by Gasteiger charge is -2.21. The topological polar surface area (TPSA) is 69.0 Å². The molecule has 1 heterocycles. The van der Waals surface area contributed by atoms with Crippen LogP contribution in [0, 0.1) is 5.92 Å². The van der Waals surface area contributed by atoms with Crippen molar-refractivity contribution in [3.05, 3.63) is 42.7 Å². The quantitative estimate of drug-likeness (QED) is 0.450. The Hall–Kier alpha value is -2.28. The Morgan fingerprint density at radius 1 is 1.34 bits per heavy atom. The summed E-state index contributed by atoms with van der Waals surface area (Å²) < 4.78 is 7.27. The molecule has 7 heteroatoms. The van der Waals surface area contributed by atoms with Gasteiger partial charge in [0.25, 0.3) is 0 Å². The van der Waals surface area contributed by atoms with Crippen LogP contribution in [0.4, 0.5) is 5.69 Å². The van der Waals surface area contributed by atoms with Gasteiger partial charge in [-0.3, -0.25) is 4.79 Å². The Morgan fingerprint density at radius 2 is 2.17 bits per heavy atom. The van der Waals surface area contributed by atoms with Crippen molar-refractivity contribution >= 4 is 23.4 Å². The molecule has 0 radical (unpaired) electrons. The first-order valence-corrected chi connectivity index (χ1v) is 11.3. The number of hydrogen-bond acceptors (Lipinski definition) is 5. The largest absolute Gasteiger partial charge is 0.497 e. The van der Waals surface area contributed by atoms with Gasteiger partial charge in [-0.25, -0.2) is 0 Å². The second-order valence-corrected chi connectivity index (χ2v) is 8.35. The number of nitrogens with one attached hydrogen (secondary N) is 1. The molecule has 1 amide bonds.